The molecule has 0 spiro atoms. The van der Waals surface area contributed by atoms with Gasteiger partial charge in [0.2, 0.25) is 23.3 Å². The molecule has 1 saturated heterocycles. The summed E-state index contributed by atoms with van der Waals surface area (Å²) in [6, 6.07) is 5.72. The normalized spacial score (nSPS) is 15.3. The van der Waals surface area contributed by atoms with Crippen molar-refractivity contribution >= 4 is 34.7 Å². The van der Waals surface area contributed by atoms with Crippen LogP contribution in [0.25, 0.3) is 11.5 Å². The molecule has 4 aromatic rings. The summed E-state index contributed by atoms with van der Waals surface area (Å²) in [5, 5.41) is 17.0. The highest BCUT2D eigenvalue weighted by Crippen LogP contribution is 2.30. The lowest BCUT2D eigenvalue weighted by Crippen LogP contribution is -2.51. The van der Waals surface area contributed by atoms with E-state index in [2.05, 4.69) is 15.4 Å². The third-order valence-electron chi connectivity index (χ3n) is 8.30. The van der Waals surface area contributed by atoms with E-state index in [-0.39, 0.29) is 62.1 Å². The van der Waals surface area contributed by atoms with Crippen LogP contribution in [-0.4, -0.2) is 73.8 Å². The average molecular weight is 688 g/mol. The lowest BCUT2D eigenvalue weighted by molar-refractivity contribution is -0.137. The molecule has 0 unspecified atom stereocenters. The number of allylic oxidation sites excluding steroid dienone is 1. The third kappa shape index (κ3) is 6.51. The van der Waals surface area contributed by atoms with E-state index in [1.165, 1.54) is 9.47 Å². The Hall–Kier alpha value is -5.48. The van der Waals surface area contributed by atoms with Gasteiger partial charge < -0.3 is 29.5 Å². The molecule has 0 aliphatic carbocycles. The number of anilines is 2. The van der Waals surface area contributed by atoms with Gasteiger partial charge in [0.25, 0.3) is 11.5 Å². The van der Waals surface area contributed by atoms with Crippen LogP contribution in [0.4, 0.5) is 33.3 Å². The van der Waals surface area contributed by atoms with Gasteiger partial charge in [-0.3, -0.25) is 14.4 Å². The number of nitrogens with one attached hydrogen (secondary N) is 1. The van der Waals surface area contributed by atoms with Crippen molar-refractivity contribution in [2.75, 3.05) is 43.0 Å². The molecule has 0 atom stereocenters. The number of fused-ring (bicyclic) bond motifs is 1. The molecule has 12 nitrogen and oxygen atoms in total. The van der Waals surface area contributed by atoms with E-state index >= 15 is 0 Å². The van der Waals surface area contributed by atoms with Gasteiger partial charge in [-0.05, 0) is 61.7 Å². The minimum absolute atomic E-state index is 0.0425. The van der Waals surface area contributed by atoms with Crippen molar-refractivity contribution in [2.24, 2.45) is 0 Å². The Bertz CT molecular complexity index is 2020. The number of amides is 2. The predicted octanol–water partition coefficient (Wildman–Crippen LogP) is 4.21. The molecule has 0 saturated carbocycles. The third-order valence-corrected chi connectivity index (χ3v) is 8.30. The first-order valence-corrected chi connectivity index (χ1v) is 15.4. The smallest absolute Gasteiger partial charge is 0.416 e. The number of piperazine rings is 1. The van der Waals surface area contributed by atoms with Gasteiger partial charge in [-0.15, -0.1) is 5.10 Å². The zero-order chi connectivity index (χ0) is 35.0. The number of carbonyl (C=O) groups is 2. The zero-order valence-electron chi connectivity index (χ0n) is 26.1. The number of halogens is 5. The minimum atomic E-state index is -4.54. The maximum atomic E-state index is 14.1. The number of aromatic hydroxyl groups is 1. The molecular formula is C32H30F5N7O5. The van der Waals surface area contributed by atoms with Crippen molar-refractivity contribution in [3.8, 4) is 5.75 Å². The Labute approximate surface area is 275 Å². The largest absolute Gasteiger partial charge is 0.504 e. The highest BCUT2D eigenvalue weighted by Gasteiger charge is 2.32. The van der Waals surface area contributed by atoms with Gasteiger partial charge in [-0.25, -0.2) is 4.39 Å². The Balaban J connectivity index is 1.33. The summed E-state index contributed by atoms with van der Waals surface area (Å²) in [6.45, 7) is 2.17. The molecule has 2 aromatic carbocycles. The first kappa shape index (κ1) is 33.4. The van der Waals surface area contributed by atoms with E-state index in [1.807, 2.05) is 0 Å². The molecule has 0 bridgehead atoms. The molecule has 4 heterocycles. The maximum Gasteiger partial charge on any atom is 0.416 e. The van der Waals surface area contributed by atoms with E-state index in [1.54, 1.807) is 17.9 Å². The van der Waals surface area contributed by atoms with Crippen LogP contribution in [0.15, 0.2) is 47.3 Å². The van der Waals surface area contributed by atoms with Gasteiger partial charge in [-0.1, -0.05) is 6.92 Å². The van der Waals surface area contributed by atoms with Gasteiger partial charge in [-0.2, -0.15) is 27.1 Å². The van der Waals surface area contributed by atoms with Crippen molar-refractivity contribution in [1.29, 1.82) is 0 Å². The quantitative estimate of drug-likeness (QED) is 0.276. The maximum absolute atomic E-state index is 14.1. The number of rotatable bonds is 7. The number of alkyl halides is 3. The molecule has 2 amide bonds. The number of aromatic nitrogens is 4. The van der Waals surface area contributed by atoms with Crippen LogP contribution in [0.5, 0.6) is 5.75 Å². The number of carbonyl (C=O) groups excluding carboxylic acids is 2. The van der Waals surface area contributed by atoms with Gasteiger partial charge in [0.15, 0.2) is 17.3 Å². The van der Waals surface area contributed by atoms with E-state index < -0.39 is 52.1 Å². The summed E-state index contributed by atoms with van der Waals surface area (Å²) in [4.78, 5) is 48.1. The van der Waals surface area contributed by atoms with Gasteiger partial charge >= 0.3 is 6.18 Å². The standard InChI is InChI=1S/C32H30F5N7O5/c1-2-22-26(41-12-14-42(15-13-41)29(47)20-10-11-21(33)25(34)27(20)46)30(48)44-31(39-28(40-44)23-5-3-4-16-49-23)43(22)17-24(45)38-19-8-6-18(7-9-19)32(35,36)37/h5-11,46H,2-4,12-17H2,1H3,(H,38,45). The van der Waals surface area contributed by atoms with Crippen molar-refractivity contribution in [3.63, 3.8) is 0 Å². The summed E-state index contributed by atoms with van der Waals surface area (Å²) in [7, 11) is 0. The first-order chi connectivity index (χ1) is 23.4. The molecule has 6 rings (SSSR count). The minimum Gasteiger partial charge on any atom is -0.504 e. The van der Waals surface area contributed by atoms with E-state index in [4.69, 9.17) is 4.74 Å². The summed E-state index contributed by atoms with van der Waals surface area (Å²) in [6.07, 6.45) is -0.993. The molecular weight excluding hydrogens is 657 g/mol. The number of ether oxygens (including phenoxy) is 1. The fraction of sp³-hybridized carbons (Fsp3) is 0.344. The van der Waals surface area contributed by atoms with Crippen molar-refractivity contribution in [1.82, 2.24) is 24.1 Å². The molecule has 2 aliphatic heterocycles. The second-order valence-electron chi connectivity index (χ2n) is 11.4. The molecule has 49 heavy (non-hydrogen) atoms. The van der Waals surface area contributed by atoms with Crippen LogP contribution in [0.1, 0.15) is 47.2 Å². The van der Waals surface area contributed by atoms with Gasteiger partial charge in [0.05, 0.1) is 23.4 Å². The number of hydrogen-bond donors (Lipinski definition) is 2. The number of phenolic OH excluding ortho intramolecular Hbond substituents is 1. The number of hydrogen-bond acceptors (Lipinski definition) is 8. The molecule has 1 fully saturated rings. The van der Waals surface area contributed by atoms with Crippen LogP contribution in [-0.2, 0) is 28.7 Å². The van der Waals surface area contributed by atoms with Crippen LogP contribution in [0.3, 0.4) is 0 Å². The molecule has 17 heteroatoms. The lowest BCUT2D eigenvalue weighted by Gasteiger charge is -2.37. The van der Waals surface area contributed by atoms with Crippen LogP contribution < -0.4 is 15.8 Å². The second-order valence-corrected chi connectivity index (χ2v) is 11.4. The SMILES string of the molecule is CCc1c(N2CCN(C(=O)c3ccc(F)c(F)c3O)CC2)c(=O)n2nc(C3=CCCCO3)nc2n1CC(=O)Nc1ccc(C(F)(F)F)cc1. The Morgan fingerprint density at radius 2 is 1.76 bits per heavy atom. The van der Waals surface area contributed by atoms with Gasteiger partial charge in [0.1, 0.15) is 12.2 Å². The second kappa shape index (κ2) is 13.2. The van der Waals surface area contributed by atoms with E-state index in [9.17, 15) is 41.4 Å². The fourth-order valence-electron chi connectivity index (χ4n) is 5.85. The highest BCUT2D eigenvalue weighted by atomic mass is 19.4. The Kier molecular flexibility index (Phi) is 9.00. The molecule has 0 radical (unpaired) electrons. The highest BCUT2D eigenvalue weighted by molar-refractivity contribution is 5.97. The van der Waals surface area contributed by atoms with Gasteiger partial charge in [0, 0.05) is 31.9 Å². The summed E-state index contributed by atoms with van der Waals surface area (Å²) in [5.74, 6) is -4.70. The average Bonchev–Trinajstić information content (AvgIpc) is 3.55. The topological polar surface area (TPSA) is 134 Å². The molecule has 258 valence electrons. The summed E-state index contributed by atoms with van der Waals surface area (Å²) in [5.41, 5.74) is -1.09. The van der Waals surface area contributed by atoms with Crippen molar-refractivity contribution in [2.45, 2.75) is 38.9 Å². The number of nitrogens with zero attached hydrogens (tertiary/aromatic N) is 6. The van der Waals surface area contributed by atoms with Crippen LogP contribution in [0, 0.1) is 11.6 Å². The van der Waals surface area contributed by atoms with E-state index in [0.29, 0.717) is 24.5 Å². The van der Waals surface area contributed by atoms with Crippen LogP contribution in [0.2, 0.25) is 0 Å². The molecule has 2 N–H and O–H groups in total. The Morgan fingerprint density at radius 1 is 1.04 bits per heavy atom. The first-order valence-electron chi connectivity index (χ1n) is 15.4. The van der Waals surface area contributed by atoms with E-state index in [0.717, 1.165) is 47.3 Å². The zero-order valence-corrected chi connectivity index (χ0v) is 26.1. The van der Waals surface area contributed by atoms with Crippen molar-refractivity contribution in [3.05, 3.63) is 87.1 Å². The van der Waals surface area contributed by atoms with Crippen molar-refractivity contribution < 1.29 is 41.4 Å². The molecule has 2 aromatic heterocycles. The Morgan fingerprint density at radius 3 is 2.39 bits per heavy atom. The molecule has 2 aliphatic rings. The monoisotopic (exact) mass is 687 g/mol. The van der Waals surface area contributed by atoms with Crippen LogP contribution >= 0.6 is 0 Å². The summed E-state index contributed by atoms with van der Waals surface area (Å²) < 4.78 is 74.9. The fourth-order valence-corrected chi connectivity index (χ4v) is 5.85. The lowest BCUT2D eigenvalue weighted by atomic mass is 10.1. The predicted molar refractivity (Wildman–Crippen MR) is 166 cm³/mol. The summed E-state index contributed by atoms with van der Waals surface area (Å²) >= 11 is 0. The number of benzene rings is 2. The number of phenols is 1.